The van der Waals surface area contributed by atoms with Gasteiger partial charge in [0.1, 0.15) is 11.5 Å². The molecule has 0 radical (unpaired) electrons. The van der Waals surface area contributed by atoms with E-state index in [0.29, 0.717) is 25.3 Å². The first-order valence-electron chi connectivity index (χ1n) is 8.49. The minimum absolute atomic E-state index is 0.257. The second kappa shape index (κ2) is 8.38. The van der Waals surface area contributed by atoms with Gasteiger partial charge in [-0.15, -0.1) is 0 Å². The number of hydrogen-bond donors (Lipinski definition) is 2. The molecule has 0 fully saturated rings. The summed E-state index contributed by atoms with van der Waals surface area (Å²) in [5.74, 6) is 0.257. The Balaban J connectivity index is 2.30. The summed E-state index contributed by atoms with van der Waals surface area (Å²) in [4.78, 5) is 28.7. The molecule has 1 heterocycles. The fourth-order valence-corrected chi connectivity index (χ4v) is 2.76. The van der Waals surface area contributed by atoms with Crippen LogP contribution in [0.4, 0.5) is 11.5 Å². The van der Waals surface area contributed by atoms with E-state index < -0.39 is 11.2 Å². The number of aromatic amines is 1. The van der Waals surface area contributed by atoms with E-state index in [1.54, 1.807) is 0 Å². The predicted octanol–water partition coefficient (Wildman–Crippen LogP) is 1.99. The molecule has 0 bridgehead atoms. The summed E-state index contributed by atoms with van der Waals surface area (Å²) in [7, 11) is 0. The first kappa shape index (κ1) is 17.8. The van der Waals surface area contributed by atoms with Crippen molar-refractivity contribution in [3.8, 4) is 0 Å². The van der Waals surface area contributed by atoms with Crippen LogP contribution >= 0.6 is 0 Å². The summed E-state index contributed by atoms with van der Waals surface area (Å²) < 4.78 is 1.46. The van der Waals surface area contributed by atoms with Gasteiger partial charge in [-0.3, -0.25) is 14.3 Å². The van der Waals surface area contributed by atoms with Crippen molar-refractivity contribution in [2.45, 2.75) is 39.7 Å². The molecule has 0 aliphatic carbocycles. The quantitative estimate of drug-likeness (QED) is 0.775. The number of rotatable bonds is 8. The van der Waals surface area contributed by atoms with Gasteiger partial charge in [0.05, 0.1) is 0 Å². The van der Waals surface area contributed by atoms with E-state index in [1.165, 1.54) is 10.1 Å². The second-order valence-electron chi connectivity index (χ2n) is 5.81. The van der Waals surface area contributed by atoms with Crippen LogP contribution in [0.25, 0.3) is 0 Å². The van der Waals surface area contributed by atoms with Crippen LogP contribution in [0.3, 0.4) is 0 Å². The lowest BCUT2D eigenvalue weighted by atomic mass is 10.1. The summed E-state index contributed by atoms with van der Waals surface area (Å²) in [6.45, 7) is 5.85. The third kappa shape index (κ3) is 4.07. The average Bonchev–Trinajstić information content (AvgIpc) is 2.58. The van der Waals surface area contributed by atoms with Crippen LogP contribution in [0.2, 0.25) is 0 Å². The van der Waals surface area contributed by atoms with Gasteiger partial charge in [0.2, 0.25) is 0 Å². The van der Waals surface area contributed by atoms with Crippen molar-refractivity contribution in [2.75, 3.05) is 23.7 Å². The zero-order valence-electron chi connectivity index (χ0n) is 14.4. The van der Waals surface area contributed by atoms with Gasteiger partial charge < -0.3 is 10.6 Å². The number of likely N-dealkylation sites (N-methyl/N-ethyl adjacent to an activating group) is 1. The first-order valence-corrected chi connectivity index (χ1v) is 8.49. The van der Waals surface area contributed by atoms with Crippen LogP contribution in [0, 0.1) is 0 Å². The molecule has 0 saturated carbocycles. The molecule has 6 nitrogen and oxygen atoms in total. The SMILES string of the molecule is CCCCn1c(N)c(N(CC)CCc2ccccc2)c(=O)[nH]c1=O. The second-order valence-corrected chi connectivity index (χ2v) is 5.81. The van der Waals surface area contributed by atoms with E-state index in [2.05, 4.69) is 17.1 Å². The van der Waals surface area contributed by atoms with E-state index >= 15 is 0 Å². The zero-order chi connectivity index (χ0) is 17.5. The third-order valence-electron chi connectivity index (χ3n) is 4.16. The highest BCUT2D eigenvalue weighted by molar-refractivity contribution is 5.62. The van der Waals surface area contributed by atoms with Crippen LogP contribution in [-0.4, -0.2) is 22.6 Å². The fourth-order valence-electron chi connectivity index (χ4n) is 2.76. The largest absolute Gasteiger partial charge is 0.383 e. The van der Waals surface area contributed by atoms with Gasteiger partial charge in [-0.2, -0.15) is 0 Å². The van der Waals surface area contributed by atoms with Crippen molar-refractivity contribution < 1.29 is 0 Å². The molecule has 3 N–H and O–H groups in total. The molecular formula is C18H26N4O2. The number of nitrogen functional groups attached to an aromatic ring is 1. The van der Waals surface area contributed by atoms with E-state index in [1.807, 2.05) is 36.9 Å². The molecule has 0 aliphatic heterocycles. The van der Waals surface area contributed by atoms with Gasteiger partial charge in [-0.05, 0) is 25.3 Å². The first-order chi connectivity index (χ1) is 11.6. The topological polar surface area (TPSA) is 84.1 Å². The molecule has 2 rings (SSSR count). The summed E-state index contributed by atoms with van der Waals surface area (Å²) in [5, 5.41) is 0. The van der Waals surface area contributed by atoms with Crippen LogP contribution in [0.5, 0.6) is 0 Å². The Labute approximate surface area is 141 Å². The molecule has 0 saturated heterocycles. The normalized spacial score (nSPS) is 10.8. The minimum atomic E-state index is -0.436. The van der Waals surface area contributed by atoms with Crippen molar-refractivity contribution in [3.05, 3.63) is 56.7 Å². The van der Waals surface area contributed by atoms with Gasteiger partial charge in [-0.25, -0.2) is 4.79 Å². The fraction of sp³-hybridized carbons (Fsp3) is 0.444. The van der Waals surface area contributed by atoms with Gasteiger partial charge >= 0.3 is 5.69 Å². The van der Waals surface area contributed by atoms with Gasteiger partial charge in [0.25, 0.3) is 5.56 Å². The maximum atomic E-state index is 12.3. The lowest BCUT2D eigenvalue weighted by Gasteiger charge is -2.24. The maximum absolute atomic E-state index is 12.3. The van der Waals surface area contributed by atoms with Crippen molar-refractivity contribution in [2.24, 2.45) is 0 Å². The van der Waals surface area contributed by atoms with Gasteiger partial charge in [0, 0.05) is 19.6 Å². The molecule has 1 aromatic carbocycles. The number of H-pyrrole nitrogens is 1. The van der Waals surface area contributed by atoms with Crippen LogP contribution in [0.1, 0.15) is 32.3 Å². The maximum Gasteiger partial charge on any atom is 0.330 e. The standard InChI is InChI=1S/C18H26N4O2/c1-3-5-12-22-16(19)15(17(23)20-18(22)24)21(4-2)13-11-14-9-7-6-8-10-14/h6-10H,3-5,11-13,19H2,1-2H3,(H,20,23,24). The van der Waals surface area contributed by atoms with E-state index in [0.717, 1.165) is 19.3 Å². The molecule has 2 aromatic rings. The Kier molecular flexibility index (Phi) is 6.23. The molecule has 0 unspecified atom stereocenters. The Hall–Kier alpha value is -2.50. The summed E-state index contributed by atoms with van der Waals surface area (Å²) in [5.41, 5.74) is 6.91. The number of unbranched alkanes of at least 4 members (excludes halogenated alkanes) is 1. The molecule has 6 heteroatoms. The van der Waals surface area contributed by atoms with Crippen LogP contribution in [-0.2, 0) is 13.0 Å². The molecule has 130 valence electrons. The Morgan fingerprint density at radius 1 is 1.17 bits per heavy atom. The van der Waals surface area contributed by atoms with Crippen molar-refractivity contribution in [1.29, 1.82) is 0 Å². The van der Waals surface area contributed by atoms with Crippen molar-refractivity contribution in [1.82, 2.24) is 9.55 Å². The number of nitrogens with two attached hydrogens (primary N) is 1. The number of nitrogens with one attached hydrogen (secondary N) is 1. The lowest BCUT2D eigenvalue weighted by molar-refractivity contribution is 0.602. The van der Waals surface area contributed by atoms with Gasteiger partial charge in [0.15, 0.2) is 0 Å². The number of nitrogens with zero attached hydrogens (tertiary/aromatic N) is 2. The van der Waals surface area contributed by atoms with Crippen LogP contribution < -0.4 is 21.9 Å². The molecule has 0 spiro atoms. The molecule has 24 heavy (non-hydrogen) atoms. The predicted molar refractivity (Wildman–Crippen MR) is 98.7 cm³/mol. The summed E-state index contributed by atoms with van der Waals surface area (Å²) in [6, 6.07) is 10.1. The average molecular weight is 330 g/mol. The zero-order valence-corrected chi connectivity index (χ0v) is 14.4. The number of aromatic nitrogens is 2. The summed E-state index contributed by atoms with van der Waals surface area (Å²) in [6.07, 6.45) is 2.60. The molecule has 0 atom stereocenters. The third-order valence-corrected chi connectivity index (χ3v) is 4.16. The monoisotopic (exact) mass is 330 g/mol. The Morgan fingerprint density at radius 3 is 2.50 bits per heavy atom. The van der Waals surface area contributed by atoms with Gasteiger partial charge in [-0.1, -0.05) is 43.7 Å². The minimum Gasteiger partial charge on any atom is -0.383 e. The lowest BCUT2D eigenvalue weighted by Crippen LogP contribution is -2.39. The smallest absolute Gasteiger partial charge is 0.330 e. The number of anilines is 2. The highest BCUT2D eigenvalue weighted by Gasteiger charge is 2.17. The van der Waals surface area contributed by atoms with Crippen LogP contribution in [0.15, 0.2) is 39.9 Å². The molecule has 0 amide bonds. The Morgan fingerprint density at radius 2 is 1.88 bits per heavy atom. The number of benzene rings is 1. The van der Waals surface area contributed by atoms with Crippen molar-refractivity contribution >= 4 is 11.5 Å². The molecule has 0 aliphatic rings. The molecular weight excluding hydrogens is 304 g/mol. The van der Waals surface area contributed by atoms with E-state index in [-0.39, 0.29) is 5.82 Å². The highest BCUT2D eigenvalue weighted by atomic mass is 16.2. The summed E-state index contributed by atoms with van der Waals surface area (Å²) >= 11 is 0. The Bertz CT molecular complexity index is 765. The highest BCUT2D eigenvalue weighted by Crippen LogP contribution is 2.17. The van der Waals surface area contributed by atoms with Crippen molar-refractivity contribution in [3.63, 3.8) is 0 Å². The number of hydrogen-bond acceptors (Lipinski definition) is 4. The van der Waals surface area contributed by atoms with E-state index in [9.17, 15) is 9.59 Å². The molecule has 1 aromatic heterocycles. The van der Waals surface area contributed by atoms with E-state index in [4.69, 9.17) is 5.73 Å².